The molecule has 1 aromatic rings. The van der Waals surface area contributed by atoms with E-state index in [0.29, 0.717) is 13.0 Å². The van der Waals surface area contributed by atoms with E-state index in [-0.39, 0.29) is 22.4 Å². The molecule has 1 saturated heterocycles. The first-order chi connectivity index (χ1) is 9.44. The molecule has 1 aromatic carbocycles. The molecule has 1 aliphatic heterocycles. The van der Waals surface area contributed by atoms with Gasteiger partial charge in [0.05, 0.1) is 16.9 Å². The van der Waals surface area contributed by atoms with Gasteiger partial charge < -0.3 is 10.1 Å². The Kier molecular flexibility index (Phi) is 4.21. The van der Waals surface area contributed by atoms with Gasteiger partial charge in [0.15, 0.2) is 5.75 Å². The van der Waals surface area contributed by atoms with E-state index in [2.05, 4.69) is 10.0 Å². The average molecular weight is 301 g/mol. The lowest BCUT2D eigenvalue weighted by atomic mass is 10.3. The minimum absolute atomic E-state index is 0.0245. The first-order valence-corrected chi connectivity index (χ1v) is 7.48. The lowest BCUT2D eigenvalue weighted by molar-refractivity contribution is -0.386. The summed E-state index contributed by atoms with van der Waals surface area (Å²) in [5.41, 5.74) is -0.375. The van der Waals surface area contributed by atoms with E-state index in [9.17, 15) is 18.5 Å². The predicted molar refractivity (Wildman–Crippen MR) is 71.2 cm³/mol. The Hall–Kier alpha value is -1.71. The summed E-state index contributed by atoms with van der Waals surface area (Å²) in [6.07, 6.45) is 0.692. The fourth-order valence-corrected chi connectivity index (χ4v) is 3.31. The van der Waals surface area contributed by atoms with E-state index in [1.54, 1.807) is 0 Å². The Bertz CT molecular complexity index is 610. The fourth-order valence-electron chi connectivity index (χ4n) is 2.02. The maximum absolute atomic E-state index is 12.2. The van der Waals surface area contributed by atoms with Gasteiger partial charge in [-0.3, -0.25) is 10.1 Å². The third kappa shape index (κ3) is 3.06. The van der Waals surface area contributed by atoms with E-state index < -0.39 is 14.9 Å². The number of nitro groups is 1. The highest BCUT2D eigenvalue weighted by atomic mass is 32.2. The number of benzene rings is 1. The van der Waals surface area contributed by atoms with Crippen LogP contribution in [0, 0.1) is 10.1 Å². The van der Waals surface area contributed by atoms with E-state index in [1.807, 2.05) is 0 Å². The highest BCUT2D eigenvalue weighted by Crippen LogP contribution is 2.29. The molecule has 8 nitrogen and oxygen atoms in total. The molecule has 9 heteroatoms. The minimum Gasteiger partial charge on any atom is -0.490 e. The number of ether oxygens (including phenoxy) is 1. The highest BCUT2D eigenvalue weighted by Gasteiger charge is 2.25. The van der Waals surface area contributed by atoms with Crippen molar-refractivity contribution < 1.29 is 18.1 Å². The van der Waals surface area contributed by atoms with Crippen molar-refractivity contribution in [1.82, 2.24) is 10.0 Å². The molecule has 20 heavy (non-hydrogen) atoms. The lowest BCUT2D eigenvalue weighted by Gasteiger charge is -2.12. The smallest absolute Gasteiger partial charge is 0.312 e. The van der Waals surface area contributed by atoms with Gasteiger partial charge in [0.25, 0.3) is 0 Å². The van der Waals surface area contributed by atoms with Gasteiger partial charge in [-0.1, -0.05) is 0 Å². The van der Waals surface area contributed by atoms with Crippen LogP contribution in [0.25, 0.3) is 0 Å². The first kappa shape index (κ1) is 14.7. The zero-order valence-corrected chi connectivity index (χ0v) is 11.6. The number of hydrogen-bond donors (Lipinski definition) is 2. The van der Waals surface area contributed by atoms with Crippen LogP contribution in [-0.4, -0.2) is 39.6 Å². The van der Waals surface area contributed by atoms with Gasteiger partial charge in [0.1, 0.15) is 0 Å². The van der Waals surface area contributed by atoms with Crippen molar-refractivity contribution in [2.24, 2.45) is 0 Å². The predicted octanol–water partition coefficient (Wildman–Crippen LogP) is 0.244. The summed E-state index contributed by atoms with van der Waals surface area (Å²) in [6, 6.07) is 3.38. The molecule has 1 atom stereocenters. The van der Waals surface area contributed by atoms with Crippen LogP contribution in [0.5, 0.6) is 5.75 Å². The minimum atomic E-state index is -3.77. The lowest BCUT2D eigenvalue weighted by Crippen LogP contribution is -2.36. The molecule has 1 unspecified atom stereocenters. The number of nitrogens with one attached hydrogen (secondary N) is 2. The summed E-state index contributed by atoms with van der Waals surface area (Å²) >= 11 is 0. The average Bonchev–Trinajstić information content (AvgIpc) is 2.89. The molecule has 0 radical (unpaired) electrons. The molecule has 110 valence electrons. The van der Waals surface area contributed by atoms with Crippen LogP contribution in [0.2, 0.25) is 0 Å². The number of sulfonamides is 1. The maximum atomic E-state index is 12.2. The molecule has 2 N–H and O–H groups in total. The molecule has 1 aliphatic rings. The van der Waals surface area contributed by atoms with Crippen molar-refractivity contribution in [3.05, 3.63) is 28.3 Å². The Balaban J connectivity index is 2.31. The van der Waals surface area contributed by atoms with Gasteiger partial charge in [-0.05, 0) is 25.1 Å². The SMILES string of the molecule is COc1ccc(S(=O)(=O)NC2CCNC2)cc1[N+](=O)[O-]. The second-order valence-corrected chi connectivity index (χ2v) is 6.12. The number of nitrogens with zero attached hydrogens (tertiary/aromatic N) is 1. The number of nitro benzene ring substituents is 1. The third-order valence-corrected chi connectivity index (χ3v) is 4.56. The van der Waals surface area contributed by atoms with Crippen LogP contribution < -0.4 is 14.8 Å². The van der Waals surface area contributed by atoms with Gasteiger partial charge in [-0.15, -0.1) is 0 Å². The van der Waals surface area contributed by atoms with Crippen LogP contribution in [0.1, 0.15) is 6.42 Å². The van der Waals surface area contributed by atoms with Gasteiger partial charge in [0, 0.05) is 18.7 Å². The summed E-state index contributed by atoms with van der Waals surface area (Å²) in [5.74, 6) is 0.0245. The monoisotopic (exact) mass is 301 g/mol. The number of rotatable bonds is 5. The Labute approximate surface area is 116 Å². The molecular formula is C11H15N3O5S. The highest BCUT2D eigenvalue weighted by molar-refractivity contribution is 7.89. The van der Waals surface area contributed by atoms with Crippen LogP contribution >= 0.6 is 0 Å². The number of hydrogen-bond acceptors (Lipinski definition) is 6. The van der Waals surface area contributed by atoms with Crippen molar-refractivity contribution in [3.63, 3.8) is 0 Å². The Morgan fingerprint density at radius 3 is 2.80 bits per heavy atom. The second-order valence-electron chi connectivity index (χ2n) is 4.40. The molecule has 2 rings (SSSR count). The van der Waals surface area contributed by atoms with Crippen molar-refractivity contribution in [1.29, 1.82) is 0 Å². The molecule has 1 fully saturated rings. The van der Waals surface area contributed by atoms with Crippen molar-refractivity contribution in [2.75, 3.05) is 20.2 Å². The van der Waals surface area contributed by atoms with Gasteiger partial charge in [-0.25, -0.2) is 13.1 Å². The van der Waals surface area contributed by atoms with Gasteiger partial charge in [-0.2, -0.15) is 0 Å². The second kappa shape index (κ2) is 5.73. The zero-order valence-electron chi connectivity index (χ0n) is 10.8. The molecule has 0 aromatic heterocycles. The summed E-state index contributed by atoms with van der Waals surface area (Å²) < 4.78 is 31.7. The van der Waals surface area contributed by atoms with Crippen molar-refractivity contribution in [3.8, 4) is 5.75 Å². The van der Waals surface area contributed by atoms with Crippen LogP contribution in [0.15, 0.2) is 23.1 Å². The maximum Gasteiger partial charge on any atom is 0.312 e. The number of methoxy groups -OCH3 is 1. The summed E-state index contributed by atoms with van der Waals surface area (Å²) in [4.78, 5) is 10.1. The molecule has 1 heterocycles. The van der Waals surface area contributed by atoms with Crippen molar-refractivity contribution >= 4 is 15.7 Å². The van der Waals surface area contributed by atoms with Crippen LogP contribution in [0.3, 0.4) is 0 Å². The Morgan fingerprint density at radius 2 is 2.25 bits per heavy atom. The topological polar surface area (TPSA) is 111 Å². The third-order valence-electron chi connectivity index (χ3n) is 3.04. The summed E-state index contributed by atoms with van der Waals surface area (Å²) in [5, 5.41) is 13.9. The molecule has 0 amide bonds. The molecular weight excluding hydrogens is 286 g/mol. The van der Waals surface area contributed by atoms with Crippen molar-refractivity contribution in [2.45, 2.75) is 17.4 Å². The van der Waals surface area contributed by atoms with Gasteiger partial charge in [0.2, 0.25) is 10.0 Å². The molecule has 0 aliphatic carbocycles. The van der Waals surface area contributed by atoms with E-state index in [0.717, 1.165) is 12.6 Å². The molecule has 0 spiro atoms. The van der Waals surface area contributed by atoms with Gasteiger partial charge >= 0.3 is 5.69 Å². The summed E-state index contributed by atoms with van der Waals surface area (Å²) in [7, 11) is -2.48. The van der Waals surface area contributed by atoms with Crippen LogP contribution in [0.4, 0.5) is 5.69 Å². The largest absolute Gasteiger partial charge is 0.490 e. The zero-order chi connectivity index (χ0) is 14.8. The first-order valence-electron chi connectivity index (χ1n) is 5.99. The quantitative estimate of drug-likeness (QED) is 0.595. The standard InChI is InChI=1S/C11H15N3O5S/c1-19-11-3-2-9(6-10(11)14(15)16)20(17,18)13-8-4-5-12-7-8/h2-3,6,8,12-13H,4-5,7H2,1H3. The summed E-state index contributed by atoms with van der Waals surface area (Å²) in [6.45, 7) is 1.30. The van der Waals surface area contributed by atoms with E-state index >= 15 is 0 Å². The molecule has 0 bridgehead atoms. The van der Waals surface area contributed by atoms with E-state index in [4.69, 9.17) is 4.74 Å². The van der Waals surface area contributed by atoms with Crippen LogP contribution in [-0.2, 0) is 10.0 Å². The Morgan fingerprint density at radius 1 is 1.50 bits per heavy atom. The fraction of sp³-hybridized carbons (Fsp3) is 0.455. The molecule has 0 saturated carbocycles. The van der Waals surface area contributed by atoms with E-state index in [1.165, 1.54) is 19.2 Å². The normalized spacial score (nSPS) is 18.9.